The topological polar surface area (TPSA) is 27.1 Å². The van der Waals surface area contributed by atoms with Crippen molar-refractivity contribution in [3.63, 3.8) is 0 Å². The van der Waals surface area contributed by atoms with Crippen molar-refractivity contribution in [1.29, 1.82) is 5.41 Å². The summed E-state index contributed by atoms with van der Waals surface area (Å²) in [5, 5.41) is 7.51. The maximum Gasteiger partial charge on any atom is 0.196 e. The van der Waals surface area contributed by atoms with Crippen molar-refractivity contribution < 1.29 is 13.2 Å². The van der Waals surface area contributed by atoms with Crippen LogP contribution >= 0.6 is 0 Å². The lowest BCUT2D eigenvalue weighted by Gasteiger charge is -2.18. The number of nitrogens with one attached hydrogen (secondary N) is 1. The fourth-order valence-corrected chi connectivity index (χ4v) is 1.66. The predicted molar refractivity (Wildman–Crippen MR) is 50.6 cm³/mol. The van der Waals surface area contributed by atoms with Crippen LogP contribution in [-0.2, 0) is 0 Å². The van der Waals surface area contributed by atoms with Gasteiger partial charge in [0.2, 0.25) is 0 Å². The van der Waals surface area contributed by atoms with Crippen LogP contribution in [0.4, 0.5) is 18.9 Å². The van der Waals surface area contributed by atoms with Gasteiger partial charge < -0.3 is 4.90 Å². The van der Waals surface area contributed by atoms with Crippen molar-refractivity contribution in [2.75, 3.05) is 11.4 Å². The van der Waals surface area contributed by atoms with E-state index in [1.54, 1.807) is 0 Å². The molecule has 2 nitrogen and oxygen atoms in total. The van der Waals surface area contributed by atoms with E-state index in [4.69, 9.17) is 5.41 Å². The van der Waals surface area contributed by atoms with E-state index in [9.17, 15) is 13.2 Å². The summed E-state index contributed by atoms with van der Waals surface area (Å²) in [6.07, 6.45) is 1.27. The summed E-state index contributed by atoms with van der Waals surface area (Å²) in [6.45, 7) is 0.473. The van der Waals surface area contributed by atoms with Crippen molar-refractivity contribution in [3.05, 3.63) is 29.6 Å². The number of anilines is 1. The first kappa shape index (κ1) is 10.0. The number of hydrogen-bond donors (Lipinski definition) is 1. The van der Waals surface area contributed by atoms with E-state index in [0.717, 1.165) is 18.6 Å². The SMILES string of the molecule is N=C1CCCN1c1ccc(F)c(F)c1F. The molecule has 1 aliphatic heterocycles. The van der Waals surface area contributed by atoms with Gasteiger partial charge in [-0.15, -0.1) is 0 Å². The van der Waals surface area contributed by atoms with E-state index in [1.165, 1.54) is 4.90 Å². The molecule has 2 rings (SSSR count). The molecule has 1 saturated heterocycles. The Hall–Kier alpha value is -1.52. The van der Waals surface area contributed by atoms with Gasteiger partial charge in [0.1, 0.15) is 5.84 Å². The van der Waals surface area contributed by atoms with Crippen molar-refractivity contribution in [2.45, 2.75) is 12.8 Å². The van der Waals surface area contributed by atoms with E-state index in [0.29, 0.717) is 13.0 Å². The summed E-state index contributed by atoms with van der Waals surface area (Å²) in [5.74, 6) is -3.67. The van der Waals surface area contributed by atoms with Gasteiger partial charge in [0.25, 0.3) is 0 Å². The second kappa shape index (κ2) is 3.56. The minimum atomic E-state index is -1.48. The fraction of sp³-hybridized carbons (Fsp3) is 0.300. The quantitative estimate of drug-likeness (QED) is 0.715. The minimum absolute atomic E-state index is 0.0589. The first-order chi connectivity index (χ1) is 7.11. The molecule has 0 atom stereocenters. The Bertz CT molecular complexity index is 417. The molecule has 0 aromatic heterocycles. The molecule has 1 N–H and O–H groups in total. The maximum atomic E-state index is 13.3. The molecule has 0 radical (unpaired) electrons. The summed E-state index contributed by atoms with van der Waals surface area (Å²) in [7, 11) is 0. The molecular formula is C10H9F3N2. The predicted octanol–water partition coefficient (Wildman–Crippen LogP) is 2.68. The Morgan fingerprint density at radius 1 is 1.13 bits per heavy atom. The Balaban J connectivity index is 2.45. The first-order valence-corrected chi connectivity index (χ1v) is 4.59. The van der Waals surface area contributed by atoms with Gasteiger partial charge >= 0.3 is 0 Å². The normalized spacial score (nSPS) is 16.2. The van der Waals surface area contributed by atoms with Crippen molar-refractivity contribution >= 4 is 11.5 Å². The molecule has 15 heavy (non-hydrogen) atoms. The van der Waals surface area contributed by atoms with Gasteiger partial charge in [0.15, 0.2) is 17.5 Å². The van der Waals surface area contributed by atoms with Crippen LogP contribution in [0.5, 0.6) is 0 Å². The molecule has 1 heterocycles. The van der Waals surface area contributed by atoms with E-state index in [2.05, 4.69) is 0 Å². The molecule has 0 saturated carbocycles. The van der Waals surface area contributed by atoms with Crippen LogP contribution in [0.1, 0.15) is 12.8 Å². The third kappa shape index (κ3) is 1.58. The molecule has 0 bridgehead atoms. The first-order valence-electron chi connectivity index (χ1n) is 4.59. The van der Waals surface area contributed by atoms with Gasteiger partial charge in [0, 0.05) is 13.0 Å². The largest absolute Gasteiger partial charge is 0.328 e. The summed E-state index contributed by atoms with van der Waals surface area (Å²) < 4.78 is 38.9. The highest BCUT2D eigenvalue weighted by molar-refractivity contribution is 5.97. The fourth-order valence-electron chi connectivity index (χ4n) is 1.66. The van der Waals surface area contributed by atoms with Crippen LogP contribution in [0.15, 0.2) is 12.1 Å². The average molecular weight is 214 g/mol. The Morgan fingerprint density at radius 2 is 1.87 bits per heavy atom. The molecule has 1 aromatic carbocycles. The Kier molecular flexibility index (Phi) is 2.38. The van der Waals surface area contributed by atoms with Crippen molar-refractivity contribution in [2.24, 2.45) is 0 Å². The lowest BCUT2D eigenvalue weighted by molar-refractivity contribution is 0.448. The van der Waals surface area contributed by atoms with Crippen LogP contribution in [-0.4, -0.2) is 12.4 Å². The van der Waals surface area contributed by atoms with Gasteiger partial charge in [-0.3, -0.25) is 5.41 Å². The standard InChI is InChI=1S/C10H9F3N2/c11-6-3-4-7(10(13)9(6)12)15-5-1-2-8(15)14/h3-4,14H,1-2,5H2. The molecule has 0 unspecified atom stereocenters. The summed E-state index contributed by atoms with van der Waals surface area (Å²) in [5.41, 5.74) is -0.0589. The number of benzene rings is 1. The van der Waals surface area contributed by atoms with Gasteiger partial charge in [-0.25, -0.2) is 13.2 Å². The highest BCUT2D eigenvalue weighted by Gasteiger charge is 2.24. The highest BCUT2D eigenvalue weighted by atomic mass is 19.2. The van der Waals surface area contributed by atoms with Gasteiger partial charge in [-0.05, 0) is 18.6 Å². The molecule has 0 spiro atoms. The molecule has 5 heteroatoms. The Labute approximate surface area is 84.8 Å². The van der Waals surface area contributed by atoms with Crippen molar-refractivity contribution in [3.8, 4) is 0 Å². The van der Waals surface area contributed by atoms with Crippen LogP contribution in [0.25, 0.3) is 0 Å². The van der Waals surface area contributed by atoms with E-state index < -0.39 is 17.5 Å². The summed E-state index contributed by atoms with van der Waals surface area (Å²) >= 11 is 0. The third-order valence-corrected chi connectivity index (χ3v) is 2.43. The Morgan fingerprint density at radius 3 is 2.47 bits per heavy atom. The summed E-state index contributed by atoms with van der Waals surface area (Å²) in [4.78, 5) is 1.36. The monoisotopic (exact) mass is 214 g/mol. The van der Waals surface area contributed by atoms with Crippen molar-refractivity contribution in [1.82, 2.24) is 0 Å². The minimum Gasteiger partial charge on any atom is -0.328 e. The van der Waals surface area contributed by atoms with E-state index in [-0.39, 0.29) is 11.5 Å². The average Bonchev–Trinajstić information content (AvgIpc) is 2.62. The van der Waals surface area contributed by atoms with Gasteiger partial charge in [-0.2, -0.15) is 0 Å². The molecule has 0 amide bonds. The van der Waals surface area contributed by atoms with E-state index in [1.807, 2.05) is 0 Å². The van der Waals surface area contributed by atoms with Crippen LogP contribution < -0.4 is 4.90 Å². The molecule has 1 fully saturated rings. The lowest BCUT2D eigenvalue weighted by Crippen LogP contribution is -2.24. The van der Waals surface area contributed by atoms with Crippen LogP contribution in [0, 0.1) is 22.9 Å². The zero-order chi connectivity index (χ0) is 11.0. The van der Waals surface area contributed by atoms with Gasteiger partial charge in [-0.1, -0.05) is 0 Å². The lowest BCUT2D eigenvalue weighted by atomic mass is 10.2. The highest BCUT2D eigenvalue weighted by Crippen LogP contribution is 2.27. The second-order valence-corrected chi connectivity index (χ2v) is 3.40. The second-order valence-electron chi connectivity index (χ2n) is 3.40. The smallest absolute Gasteiger partial charge is 0.196 e. The third-order valence-electron chi connectivity index (χ3n) is 2.43. The molecule has 1 aromatic rings. The molecule has 0 aliphatic carbocycles. The van der Waals surface area contributed by atoms with Crippen LogP contribution in [0.2, 0.25) is 0 Å². The number of amidine groups is 1. The zero-order valence-electron chi connectivity index (χ0n) is 7.86. The summed E-state index contributed by atoms with van der Waals surface area (Å²) in [6, 6.07) is 2.03. The number of halogens is 3. The molecule has 1 aliphatic rings. The maximum absolute atomic E-state index is 13.3. The molecular weight excluding hydrogens is 205 g/mol. The van der Waals surface area contributed by atoms with E-state index >= 15 is 0 Å². The number of hydrogen-bond acceptors (Lipinski definition) is 1. The van der Waals surface area contributed by atoms with Gasteiger partial charge in [0.05, 0.1) is 5.69 Å². The number of rotatable bonds is 1. The zero-order valence-corrected chi connectivity index (χ0v) is 7.86. The van der Waals surface area contributed by atoms with Crippen LogP contribution in [0.3, 0.4) is 0 Å². The molecule has 80 valence electrons. The number of nitrogens with zero attached hydrogens (tertiary/aromatic N) is 1.